The second kappa shape index (κ2) is 5.81. The lowest BCUT2D eigenvalue weighted by molar-refractivity contribution is 0.875. The van der Waals surface area contributed by atoms with E-state index in [0.29, 0.717) is 0 Å². The third-order valence-corrected chi connectivity index (χ3v) is 4.89. The smallest absolute Gasteiger partial charge is 0.0666 e. The van der Waals surface area contributed by atoms with Crippen LogP contribution in [-0.4, -0.2) is 9.78 Å². The van der Waals surface area contributed by atoms with Crippen LogP contribution in [0.4, 0.5) is 5.69 Å². The topological polar surface area (TPSA) is 29.9 Å². The van der Waals surface area contributed by atoms with Crippen molar-refractivity contribution in [2.45, 2.75) is 13.0 Å². The van der Waals surface area contributed by atoms with E-state index in [-0.39, 0.29) is 6.04 Å². The zero-order valence-corrected chi connectivity index (χ0v) is 13.4. The highest BCUT2D eigenvalue weighted by Crippen LogP contribution is 2.28. The molecule has 20 heavy (non-hydrogen) atoms. The van der Waals surface area contributed by atoms with E-state index in [0.717, 1.165) is 15.8 Å². The Morgan fingerprint density at radius 2 is 2.20 bits per heavy atom. The maximum Gasteiger partial charge on any atom is 0.0666 e. The number of nitrogens with zero attached hydrogens (tertiary/aromatic N) is 2. The molecule has 0 fully saturated rings. The van der Waals surface area contributed by atoms with Crippen molar-refractivity contribution in [3.05, 3.63) is 63.5 Å². The summed E-state index contributed by atoms with van der Waals surface area (Å²) in [4.78, 5) is 1.31. The third kappa shape index (κ3) is 2.94. The van der Waals surface area contributed by atoms with E-state index in [4.69, 9.17) is 0 Å². The molecule has 1 N–H and O–H groups in total. The summed E-state index contributed by atoms with van der Waals surface area (Å²) in [6, 6.07) is 12.6. The van der Waals surface area contributed by atoms with Crippen LogP contribution in [0.15, 0.2) is 58.6 Å². The van der Waals surface area contributed by atoms with Crippen LogP contribution in [0, 0.1) is 0 Å². The normalized spacial score (nSPS) is 12.3. The summed E-state index contributed by atoms with van der Waals surface area (Å²) in [5.74, 6) is 0. The highest BCUT2D eigenvalue weighted by atomic mass is 79.9. The summed E-state index contributed by atoms with van der Waals surface area (Å²) in [5.41, 5.74) is 2.15. The van der Waals surface area contributed by atoms with Crippen molar-refractivity contribution in [2.75, 3.05) is 5.32 Å². The number of anilines is 1. The molecule has 0 aliphatic carbocycles. The summed E-state index contributed by atoms with van der Waals surface area (Å²) in [5, 5.41) is 9.88. The number of benzene rings is 1. The van der Waals surface area contributed by atoms with Crippen LogP contribution in [0.1, 0.15) is 17.8 Å². The van der Waals surface area contributed by atoms with Gasteiger partial charge in [-0.25, -0.2) is 4.68 Å². The predicted molar refractivity (Wildman–Crippen MR) is 87.6 cm³/mol. The summed E-state index contributed by atoms with van der Waals surface area (Å²) in [7, 11) is 0. The first-order valence-corrected chi connectivity index (χ1v) is 8.00. The number of halogens is 1. The molecule has 0 bridgehead atoms. The fourth-order valence-corrected chi connectivity index (χ4v) is 3.49. The molecule has 3 aromatic rings. The lowest BCUT2D eigenvalue weighted by Crippen LogP contribution is -2.05. The van der Waals surface area contributed by atoms with Crippen molar-refractivity contribution < 1.29 is 0 Å². The lowest BCUT2D eigenvalue weighted by Gasteiger charge is -2.14. The molecule has 1 unspecified atom stereocenters. The Morgan fingerprint density at radius 1 is 1.30 bits per heavy atom. The maximum absolute atomic E-state index is 4.25. The van der Waals surface area contributed by atoms with Crippen molar-refractivity contribution in [2.24, 2.45) is 0 Å². The molecule has 1 atom stereocenters. The van der Waals surface area contributed by atoms with E-state index in [1.165, 1.54) is 4.88 Å². The Labute approximate surface area is 130 Å². The van der Waals surface area contributed by atoms with Gasteiger partial charge in [0, 0.05) is 32.8 Å². The zero-order chi connectivity index (χ0) is 13.9. The van der Waals surface area contributed by atoms with Crippen molar-refractivity contribution in [1.29, 1.82) is 0 Å². The van der Waals surface area contributed by atoms with Gasteiger partial charge in [-0.05, 0) is 53.2 Å². The molecule has 5 heteroatoms. The van der Waals surface area contributed by atoms with Crippen LogP contribution in [0.25, 0.3) is 5.69 Å². The molecule has 1 aromatic carbocycles. The van der Waals surface area contributed by atoms with E-state index in [2.05, 4.69) is 56.8 Å². The van der Waals surface area contributed by atoms with Gasteiger partial charge < -0.3 is 5.32 Å². The molecule has 3 rings (SSSR count). The van der Waals surface area contributed by atoms with E-state index in [1.807, 2.05) is 29.1 Å². The highest BCUT2D eigenvalue weighted by Gasteiger charge is 2.08. The van der Waals surface area contributed by atoms with Gasteiger partial charge >= 0.3 is 0 Å². The van der Waals surface area contributed by atoms with Gasteiger partial charge in [0.25, 0.3) is 0 Å². The van der Waals surface area contributed by atoms with Gasteiger partial charge in [-0.1, -0.05) is 6.07 Å². The molecule has 3 nitrogen and oxygen atoms in total. The molecule has 0 radical (unpaired) electrons. The molecule has 0 spiro atoms. The summed E-state index contributed by atoms with van der Waals surface area (Å²) in [6.07, 6.45) is 3.73. The SMILES string of the molecule is CC(Nc1cccc(-n2cccn2)c1)c1cc(Br)cs1. The largest absolute Gasteiger partial charge is 0.378 e. The molecule has 2 heterocycles. The average molecular weight is 348 g/mol. The molecule has 102 valence electrons. The number of rotatable bonds is 4. The van der Waals surface area contributed by atoms with Crippen molar-refractivity contribution in [3.63, 3.8) is 0 Å². The number of hydrogen-bond acceptors (Lipinski definition) is 3. The van der Waals surface area contributed by atoms with E-state index in [1.54, 1.807) is 17.5 Å². The van der Waals surface area contributed by atoms with Gasteiger partial charge in [-0.2, -0.15) is 5.10 Å². The zero-order valence-electron chi connectivity index (χ0n) is 11.0. The molecular formula is C15H14BrN3S. The quantitative estimate of drug-likeness (QED) is 0.729. The number of hydrogen-bond donors (Lipinski definition) is 1. The summed E-state index contributed by atoms with van der Waals surface area (Å²) >= 11 is 5.25. The van der Waals surface area contributed by atoms with E-state index in [9.17, 15) is 0 Å². The Balaban J connectivity index is 1.79. The van der Waals surface area contributed by atoms with Gasteiger partial charge in [0.1, 0.15) is 0 Å². The molecule has 0 saturated carbocycles. The van der Waals surface area contributed by atoms with Gasteiger partial charge in [0.2, 0.25) is 0 Å². The minimum absolute atomic E-state index is 0.277. The average Bonchev–Trinajstić information content (AvgIpc) is 3.10. The number of aromatic nitrogens is 2. The minimum Gasteiger partial charge on any atom is -0.378 e. The molecular weight excluding hydrogens is 334 g/mol. The first-order chi connectivity index (χ1) is 9.72. The Kier molecular flexibility index (Phi) is 3.89. The minimum atomic E-state index is 0.277. The van der Waals surface area contributed by atoms with Gasteiger partial charge in [0.05, 0.1) is 11.7 Å². The lowest BCUT2D eigenvalue weighted by atomic mass is 10.2. The van der Waals surface area contributed by atoms with Gasteiger partial charge in [-0.15, -0.1) is 11.3 Å². The fourth-order valence-electron chi connectivity index (χ4n) is 2.04. The number of nitrogens with one attached hydrogen (secondary N) is 1. The van der Waals surface area contributed by atoms with Crippen molar-refractivity contribution >= 4 is 33.0 Å². The Hall–Kier alpha value is -1.59. The Bertz CT molecular complexity index is 691. The van der Waals surface area contributed by atoms with Gasteiger partial charge in [-0.3, -0.25) is 0 Å². The maximum atomic E-state index is 4.25. The fraction of sp³-hybridized carbons (Fsp3) is 0.133. The molecule has 2 aromatic heterocycles. The van der Waals surface area contributed by atoms with E-state index >= 15 is 0 Å². The standard InChI is InChI=1S/C15H14BrN3S/c1-11(15-8-12(16)10-20-15)18-13-4-2-5-14(9-13)19-7-3-6-17-19/h2-11,18H,1H3. The molecule has 0 amide bonds. The van der Waals surface area contributed by atoms with Crippen LogP contribution in [0.3, 0.4) is 0 Å². The van der Waals surface area contributed by atoms with Crippen LogP contribution in [0.5, 0.6) is 0 Å². The van der Waals surface area contributed by atoms with Crippen molar-refractivity contribution in [3.8, 4) is 5.69 Å². The monoisotopic (exact) mass is 347 g/mol. The molecule has 0 saturated heterocycles. The second-order valence-corrected chi connectivity index (χ2v) is 6.39. The van der Waals surface area contributed by atoms with Gasteiger partial charge in [0.15, 0.2) is 0 Å². The van der Waals surface area contributed by atoms with Crippen LogP contribution in [0.2, 0.25) is 0 Å². The summed E-state index contributed by atoms with van der Waals surface area (Å²) < 4.78 is 2.99. The van der Waals surface area contributed by atoms with Crippen LogP contribution >= 0.6 is 27.3 Å². The first-order valence-electron chi connectivity index (χ1n) is 6.33. The number of thiophene rings is 1. The summed E-state index contributed by atoms with van der Waals surface area (Å²) in [6.45, 7) is 2.17. The van der Waals surface area contributed by atoms with E-state index < -0.39 is 0 Å². The van der Waals surface area contributed by atoms with Crippen LogP contribution < -0.4 is 5.32 Å². The predicted octanol–water partition coefficient (Wildman–Crippen LogP) is 4.87. The second-order valence-electron chi connectivity index (χ2n) is 4.53. The third-order valence-electron chi connectivity index (χ3n) is 3.01. The highest BCUT2D eigenvalue weighted by molar-refractivity contribution is 9.10. The van der Waals surface area contributed by atoms with Crippen LogP contribution in [-0.2, 0) is 0 Å². The Morgan fingerprint density at radius 3 is 2.90 bits per heavy atom. The molecule has 0 aliphatic rings. The van der Waals surface area contributed by atoms with Crippen molar-refractivity contribution in [1.82, 2.24) is 9.78 Å². The molecule has 0 aliphatic heterocycles. The first kappa shape index (κ1) is 13.4.